The van der Waals surface area contributed by atoms with Gasteiger partial charge in [0.25, 0.3) is 0 Å². The van der Waals surface area contributed by atoms with E-state index in [0.717, 1.165) is 22.6 Å². The topological polar surface area (TPSA) is 91.2 Å². The highest BCUT2D eigenvalue weighted by atomic mass is 16.5. The van der Waals surface area contributed by atoms with Crippen LogP contribution in [-0.2, 0) is 4.79 Å². The van der Waals surface area contributed by atoms with E-state index in [4.69, 9.17) is 9.47 Å². The van der Waals surface area contributed by atoms with E-state index in [1.165, 1.54) is 7.11 Å². The number of para-hydroxylation sites is 1. The Balaban J connectivity index is 1.85. The predicted molar refractivity (Wildman–Crippen MR) is 98.5 cm³/mol. The van der Waals surface area contributed by atoms with E-state index in [2.05, 4.69) is 20.6 Å². The number of ether oxygens (including phenoxy) is 2. The zero-order valence-electron chi connectivity index (χ0n) is 15.3. The van der Waals surface area contributed by atoms with Crippen LogP contribution in [0.1, 0.15) is 29.2 Å². The van der Waals surface area contributed by atoms with E-state index in [0.29, 0.717) is 23.9 Å². The van der Waals surface area contributed by atoms with Gasteiger partial charge in [0.2, 0.25) is 11.8 Å². The molecule has 0 saturated carbocycles. The lowest BCUT2D eigenvalue weighted by Gasteiger charge is -2.25. The van der Waals surface area contributed by atoms with Gasteiger partial charge in [-0.15, -0.1) is 10.2 Å². The summed E-state index contributed by atoms with van der Waals surface area (Å²) < 4.78 is 12.2. The number of carbonyl (C=O) groups is 1. The maximum atomic E-state index is 12.5. The Morgan fingerprint density at radius 1 is 1.11 bits per heavy atom. The third-order valence-electron chi connectivity index (χ3n) is 4.67. The molecule has 2 aromatic heterocycles. The van der Waals surface area contributed by atoms with Gasteiger partial charge in [-0.1, -0.05) is 18.2 Å². The maximum absolute atomic E-state index is 12.5. The first-order valence-corrected chi connectivity index (χ1v) is 8.52. The fraction of sp³-hybridized carbons (Fsp3) is 0.263. The molecule has 0 fully saturated rings. The summed E-state index contributed by atoms with van der Waals surface area (Å²) in [7, 11) is 3.16. The zero-order chi connectivity index (χ0) is 19.0. The summed E-state index contributed by atoms with van der Waals surface area (Å²) in [5, 5.41) is 15.7. The first-order valence-electron chi connectivity index (χ1n) is 8.52. The molecule has 0 radical (unpaired) electrons. The van der Waals surface area contributed by atoms with Crippen LogP contribution < -0.4 is 14.8 Å². The lowest BCUT2D eigenvalue weighted by Crippen LogP contribution is -2.25. The highest BCUT2D eigenvalue weighted by Crippen LogP contribution is 2.42. The van der Waals surface area contributed by atoms with Crippen molar-refractivity contribution in [1.82, 2.24) is 20.0 Å². The summed E-state index contributed by atoms with van der Waals surface area (Å²) in [6, 6.07) is 11.2. The molecular formula is C19H19N5O3. The van der Waals surface area contributed by atoms with E-state index in [9.17, 15) is 4.79 Å². The zero-order valence-corrected chi connectivity index (χ0v) is 15.3. The number of carbonyl (C=O) groups excluding carboxylic acids is 1. The number of anilines is 1. The fourth-order valence-electron chi connectivity index (χ4n) is 3.47. The van der Waals surface area contributed by atoms with Gasteiger partial charge in [0.05, 0.1) is 19.9 Å². The predicted octanol–water partition coefficient (Wildman–Crippen LogP) is 2.46. The lowest BCUT2D eigenvalue weighted by atomic mass is 9.85. The largest absolute Gasteiger partial charge is 0.496 e. The summed E-state index contributed by atoms with van der Waals surface area (Å²) in [5.41, 5.74) is 2.73. The van der Waals surface area contributed by atoms with Crippen LogP contribution in [0.3, 0.4) is 0 Å². The molecule has 138 valence electrons. The van der Waals surface area contributed by atoms with Crippen molar-refractivity contribution >= 4 is 11.7 Å². The smallest absolute Gasteiger partial charge is 0.233 e. The van der Waals surface area contributed by atoms with Crippen molar-refractivity contribution in [3.05, 3.63) is 53.2 Å². The third kappa shape index (κ3) is 2.88. The number of benzene rings is 1. The molecule has 0 aliphatic carbocycles. The summed E-state index contributed by atoms with van der Waals surface area (Å²) in [6.07, 6.45) is 0.328. The van der Waals surface area contributed by atoms with Crippen LogP contribution in [0.4, 0.5) is 5.82 Å². The van der Waals surface area contributed by atoms with Gasteiger partial charge in [0, 0.05) is 29.5 Å². The number of nitrogens with zero attached hydrogens (tertiary/aromatic N) is 4. The Morgan fingerprint density at radius 2 is 1.93 bits per heavy atom. The molecule has 1 aliphatic heterocycles. The third-order valence-corrected chi connectivity index (χ3v) is 4.67. The van der Waals surface area contributed by atoms with E-state index in [1.807, 2.05) is 31.2 Å². The minimum absolute atomic E-state index is 0.0824. The Labute approximate surface area is 156 Å². The van der Waals surface area contributed by atoms with E-state index in [1.54, 1.807) is 23.9 Å². The number of aryl methyl sites for hydroxylation is 1. The molecule has 1 aromatic carbocycles. The van der Waals surface area contributed by atoms with Crippen LogP contribution in [-0.4, -0.2) is 40.1 Å². The van der Waals surface area contributed by atoms with Gasteiger partial charge >= 0.3 is 0 Å². The summed E-state index contributed by atoms with van der Waals surface area (Å²) in [6.45, 7) is 1.92. The van der Waals surface area contributed by atoms with Crippen LogP contribution in [0.15, 0.2) is 36.4 Å². The first kappa shape index (κ1) is 17.0. The summed E-state index contributed by atoms with van der Waals surface area (Å²) in [4.78, 5) is 12.5. The molecular weight excluding hydrogens is 346 g/mol. The maximum Gasteiger partial charge on any atom is 0.233 e. The molecule has 1 unspecified atom stereocenters. The molecule has 0 bridgehead atoms. The monoisotopic (exact) mass is 365 g/mol. The van der Waals surface area contributed by atoms with Gasteiger partial charge in [-0.25, -0.2) is 0 Å². The lowest BCUT2D eigenvalue weighted by molar-refractivity contribution is -0.116. The van der Waals surface area contributed by atoms with Gasteiger partial charge in [-0.05, 0) is 19.1 Å². The second-order valence-electron chi connectivity index (χ2n) is 6.24. The average Bonchev–Trinajstić information content (AvgIpc) is 3.03. The van der Waals surface area contributed by atoms with Crippen molar-refractivity contribution in [3.63, 3.8) is 0 Å². The van der Waals surface area contributed by atoms with Crippen molar-refractivity contribution < 1.29 is 14.3 Å². The molecule has 1 atom stereocenters. The number of fused-ring (bicyclic) bond motifs is 1. The van der Waals surface area contributed by atoms with E-state index >= 15 is 0 Å². The summed E-state index contributed by atoms with van der Waals surface area (Å²) >= 11 is 0. The number of aromatic nitrogens is 4. The molecule has 0 spiro atoms. The number of rotatable bonds is 4. The van der Waals surface area contributed by atoms with Crippen molar-refractivity contribution in [2.45, 2.75) is 19.3 Å². The van der Waals surface area contributed by atoms with Crippen LogP contribution in [0, 0.1) is 6.92 Å². The van der Waals surface area contributed by atoms with Gasteiger partial charge in [-0.3, -0.25) is 4.79 Å². The highest BCUT2D eigenvalue weighted by molar-refractivity contribution is 5.95. The second kappa shape index (κ2) is 6.71. The van der Waals surface area contributed by atoms with Crippen LogP contribution in [0.5, 0.6) is 11.6 Å². The Morgan fingerprint density at radius 3 is 2.63 bits per heavy atom. The van der Waals surface area contributed by atoms with Crippen LogP contribution in [0.2, 0.25) is 0 Å². The molecule has 8 heteroatoms. The minimum Gasteiger partial charge on any atom is -0.496 e. The molecule has 27 heavy (non-hydrogen) atoms. The standard InChI is InChI=1S/C19H19N5O3/c1-11-18-13(12-6-4-5-7-14(12)26-2)10-16(25)20-19(18)24(23-11)15-8-9-17(27-3)22-21-15/h4-9,13H,10H2,1-3H3,(H,20,25). The quantitative estimate of drug-likeness (QED) is 0.764. The van der Waals surface area contributed by atoms with Crippen LogP contribution in [0.25, 0.3) is 5.82 Å². The average molecular weight is 365 g/mol. The first-order chi connectivity index (χ1) is 13.1. The van der Waals surface area contributed by atoms with Crippen molar-refractivity contribution in [1.29, 1.82) is 0 Å². The van der Waals surface area contributed by atoms with Crippen LogP contribution >= 0.6 is 0 Å². The van der Waals surface area contributed by atoms with Crippen molar-refractivity contribution in [3.8, 4) is 17.4 Å². The highest BCUT2D eigenvalue weighted by Gasteiger charge is 2.34. The van der Waals surface area contributed by atoms with E-state index in [-0.39, 0.29) is 11.8 Å². The number of methoxy groups -OCH3 is 2. The van der Waals surface area contributed by atoms with Gasteiger partial charge in [-0.2, -0.15) is 9.78 Å². The number of hydrogen-bond donors (Lipinski definition) is 1. The summed E-state index contributed by atoms with van der Waals surface area (Å²) in [5.74, 6) is 2.04. The molecule has 1 amide bonds. The Hall–Kier alpha value is -3.42. The molecule has 1 N–H and O–H groups in total. The molecule has 3 heterocycles. The van der Waals surface area contributed by atoms with Crippen molar-refractivity contribution in [2.24, 2.45) is 0 Å². The molecule has 3 aromatic rings. The fourth-order valence-corrected chi connectivity index (χ4v) is 3.47. The normalized spacial score (nSPS) is 15.8. The van der Waals surface area contributed by atoms with Crippen molar-refractivity contribution in [2.75, 3.05) is 19.5 Å². The second-order valence-corrected chi connectivity index (χ2v) is 6.24. The van der Waals surface area contributed by atoms with Gasteiger partial charge in [0.1, 0.15) is 11.6 Å². The SMILES string of the molecule is COc1ccc(-n2nc(C)c3c2NC(=O)CC3c2ccccc2OC)nn1. The van der Waals surface area contributed by atoms with Gasteiger partial charge < -0.3 is 14.8 Å². The molecule has 1 aliphatic rings. The molecule has 0 saturated heterocycles. The van der Waals surface area contributed by atoms with E-state index < -0.39 is 0 Å². The van der Waals surface area contributed by atoms with Gasteiger partial charge in [0.15, 0.2) is 5.82 Å². The number of hydrogen-bond acceptors (Lipinski definition) is 6. The number of amides is 1. The Kier molecular flexibility index (Phi) is 4.23. The number of nitrogens with one attached hydrogen (secondary N) is 1. The minimum atomic E-state index is -0.148. The molecule has 4 rings (SSSR count). The Bertz CT molecular complexity index is 997. The molecule has 8 nitrogen and oxygen atoms in total.